The fraction of sp³-hybridized carbons (Fsp3) is 0.692. The van der Waals surface area contributed by atoms with E-state index in [9.17, 15) is 9.59 Å². The van der Waals surface area contributed by atoms with Gasteiger partial charge in [-0.2, -0.15) is 0 Å². The van der Waals surface area contributed by atoms with Crippen LogP contribution >= 0.6 is 23.1 Å². The maximum atomic E-state index is 12.3. The number of nitrogens with zero attached hydrogens (tertiary/aromatic N) is 4. The van der Waals surface area contributed by atoms with Crippen LogP contribution in [0.2, 0.25) is 0 Å². The molecule has 2 fully saturated rings. The Kier molecular flexibility index (Phi) is 4.17. The predicted octanol–water partition coefficient (Wildman–Crippen LogP) is 1.02. The number of carbonyl (C=O) groups is 2. The van der Waals surface area contributed by atoms with E-state index in [4.69, 9.17) is 0 Å². The Balaban J connectivity index is 1.53. The van der Waals surface area contributed by atoms with Gasteiger partial charge in [-0.15, -0.1) is 10.2 Å². The van der Waals surface area contributed by atoms with Crippen molar-refractivity contribution in [2.75, 3.05) is 25.9 Å². The van der Waals surface area contributed by atoms with Crippen molar-refractivity contribution < 1.29 is 9.59 Å². The van der Waals surface area contributed by atoms with Gasteiger partial charge in [0.2, 0.25) is 11.8 Å². The first-order valence-corrected chi connectivity index (χ1v) is 8.81. The van der Waals surface area contributed by atoms with Crippen molar-refractivity contribution in [3.05, 3.63) is 5.01 Å². The third-order valence-corrected chi connectivity index (χ3v) is 6.16. The van der Waals surface area contributed by atoms with Crippen LogP contribution in [0.25, 0.3) is 0 Å². The predicted molar refractivity (Wildman–Crippen MR) is 81.2 cm³/mol. The molecule has 0 saturated carbocycles. The molecule has 114 valence electrons. The molecule has 0 aromatic carbocycles. The van der Waals surface area contributed by atoms with Crippen molar-refractivity contribution in [1.29, 1.82) is 0 Å². The molecule has 1 aromatic heterocycles. The molecule has 2 aliphatic rings. The van der Waals surface area contributed by atoms with Gasteiger partial charge in [-0.3, -0.25) is 9.59 Å². The van der Waals surface area contributed by atoms with Crippen LogP contribution in [-0.2, 0) is 9.59 Å². The zero-order chi connectivity index (χ0) is 15.0. The Morgan fingerprint density at radius 2 is 2.29 bits per heavy atom. The highest BCUT2D eigenvalue weighted by Crippen LogP contribution is 2.31. The van der Waals surface area contributed by atoms with Gasteiger partial charge in [0, 0.05) is 38.5 Å². The SMILES string of the molecule is Cc1nnc(SCC(=O)N2CC[C@H]3[C@H](CC(=O)N3C)C2)s1. The maximum Gasteiger partial charge on any atom is 0.233 e. The highest BCUT2D eigenvalue weighted by atomic mass is 32.2. The van der Waals surface area contributed by atoms with Crippen LogP contribution in [0.15, 0.2) is 4.34 Å². The minimum atomic E-state index is 0.133. The number of likely N-dealkylation sites (tertiary alicyclic amines) is 2. The lowest BCUT2D eigenvalue weighted by atomic mass is 9.93. The van der Waals surface area contributed by atoms with Crippen LogP contribution in [0.3, 0.4) is 0 Å². The van der Waals surface area contributed by atoms with E-state index in [1.165, 1.54) is 23.1 Å². The second kappa shape index (κ2) is 5.92. The smallest absolute Gasteiger partial charge is 0.233 e. The lowest BCUT2D eigenvalue weighted by Gasteiger charge is -2.36. The first-order valence-electron chi connectivity index (χ1n) is 7.01. The third-order valence-electron chi connectivity index (χ3n) is 4.20. The molecular formula is C13H18N4O2S2. The molecular weight excluding hydrogens is 308 g/mol. The van der Waals surface area contributed by atoms with Crippen LogP contribution in [0, 0.1) is 12.8 Å². The number of rotatable bonds is 3. The van der Waals surface area contributed by atoms with Gasteiger partial charge in [-0.25, -0.2) is 0 Å². The van der Waals surface area contributed by atoms with Gasteiger partial charge in [0.05, 0.1) is 5.75 Å². The Labute approximate surface area is 131 Å². The summed E-state index contributed by atoms with van der Waals surface area (Å²) in [6, 6.07) is 0.319. The van der Waals surface area contributed by atoms with E-state index in [1.54, 1.807) is 0 Å². The fourth-order valence-corrected chi connectivity index (χ4v) is 4.78. The molecule has 0 radical (unpaired) electrons. The summed E-state index contributed by atoms with van der Waals surface area (Å²) < 4.78 is 0.839. The Hall–Kier alpha value is -1.15. The highest BCUT2D eigenvalue weighted by molar-refractivity contribution is 8.01. The minimum absolute atomic E-state index is 0.133. The number of amides is 2. The van der Waals surface area contributed by atoms with E-state index >= 15 is 0 Å². The largest absolute Gasteiger partial charge is 0.342 e. The molecule has 8 heteroatoms. The maximum absolute atomic E-state index is 12.3. The van der Waals surface area contributed by atoms with E-state index < -0.39 is 0 Å². The van der Waals surface area contributed by atoms with E-state index in [0.29, 0.717) is 30.7 Å². The normalized spacial score (nSPS) is 25.3. The summed E-state index contributed by atoms with van der Waals surface area (Å²) in [6.07, 6.45) is 1.47. The minimum Gasteiger partial charge on any atom is -0.342 e. The molecule has 0 unspecified atom stereocenters. The zero-order valence-corrected chi connectivity index (χ0v) is 13.7. The molecule has 2 atom stereocenters. The van der Waals surface area contributed by atoms with Gasteiger partial charge in [0.15, 0.2) is 4.34 Å². The van der Waals surface area contributed by atoms with Crippen LogP contribution < -0.4 is 0 Å². The van der Waals surface area contributed by atoms with Gasteiger partial charge in [0.1, 0.15) is 5.01 Å². The number of aromatic nitrogens is 2. The lowest BCUT2D eigenvalue weighted by Crippen LogP contribution is -2.48. The zero-order valence-electron chi connectivity index (χ0n) is 12.1. The summed E-state index contributed by atoms with van der Waals surface area (Å²) in [6.45, 7) is 3.35. The molecule has 21 heavy (non-hydrogen) atoms. The summed E-state index contributed by atoms with van der Waals surface area (Å²) in [5.41, 5.74) is 0. The van der Waals surface area contributed by atoms with Gasteiger partial charge >= 0.3 is 0 Å². The number of carbonyl (C=O) groups excluding carboxylic acids is 2. The van der Waals surface area contributed by atoms with E-state index in [2.05, 4.69) is 10.2 Å². The molecule has 3 heterocycles. The number of piperidine rings is 1. The monoisotopic (exact) mass is 326 g/mol. The second-order valence-electron chi connectivity index (χ2n) is 5.54. The number of aryl methyl sites for hydroxylation is 1. The van der Waals surface area contributed by atoms with Crippen LogP contribution in [0.1, 0.15) is 17.8 Å². The molecule has 0 aliphatic carbocycles. The number of fused-ring (bicyclic) bond motifs is 1. The summed E-state index contributed by atoms with van der Waals surface area (Å²) in [4.78, 5) is 27.8. The second-order valence-corrected chi connectivity index (χ2v) is 7.94. The van der Waals surface area contributed by atoms with Crippen molar-refractivity contribution >= 4 is 34.9 Å². The molecule has 0 N–H and O–H groups in total. The molecule has 2 aliphatic heterocycles. The topological polar surface area (TPSA) is 66.4 Å². The van der Waals surface area contributed by atoms with Gasteiger partial charge < -0.3 is 9.80 Å². The van der Waals surface area contributed by atoms with E-state index in [1.807, 2.05) is 23.8 Å². The summed E-state index contributed by atoms with van der Waals surface area (Å²) in [5.74, 6) is 1.04. The Morgan fingerprint density at radius 3 is 3.00 bits per heavy atom. The molecule has 1 aromatic rings. The quantitative estimate of drug-likeness (QED) is 0.776. The summed E-state index contributed by atoms with van der Waals surface area (Å²) in [5, 5.41) is 8.88. The van der Waals surface area contributed by atoms with Crippen LogP contribution in [0.4, 0.5) is 0 Å². The Morgan fingerprint density at radius 1 is 1.48 bits per heavy atom. The lowest BCUT2D eigenvalue weighted by molar-refractivity contribution is -0.130. The van der Waals surface area contributed by atoms with Crippen molar-refractivity contribution in [2.24, 2.45) is 5.92 Å². The standard InChI is InChI=1S/C13H18N4O2S2/c1-8-14-15-13(21-8)20-7-12(19)17-4-3-10-9(6-17)5-11(18)16(10)2/h9-10H,3-7H2,1-2H3/t9-,10+/m1/s1. The average molecular weight is 326 g/mol. The van der Waals surface area contributed by atoms with Crippen molar-refractivity contribution in [1.82, 2.24) is 20.0 Å². The fourth-order valence-electron chi connectivity index (χ4n) is 3.06. The van der Waals surface area contributed by atoms with Gasteiger partial charge in [-0.1, -0.05) is 23.1 Å². The Bertz CT molecular complexity index is 562. The van der Waals surface area contributed by atoms with Crippen LogP contribution in [0.5, 0.6) is 0 Å². The average Bonchev–Trinajstić information content (AvgIpc) is 3.00. The molecule has 0 spiro atoms. The van der Waals surface area contributed by atoms with Crippen molar-refractivity contribution in [3.8, 4) is 0 Å². The van der Waals surface area contributed by atoms with E-state index in [-0.39, 0.29) is 11.8 Å². The van der Waals surface area contributed by atoms with Gasteiger partial charge in [0.25, 0.3) is 0 Å². The van der Waals surface area contributed by atoms with E-state index in [0.717, 1.165) is 22.3 Å². The molecule has 2 saturated heterocycles. The highest BCUT2D eigenvalue weighted by Gasteiger charge is 2.41. The molecule has 3 rings (SSSR count). The molecule has 0 bridgehead atoms. The molecule has 2 amide bonds. The van der Waals surface area contributed by atoms with Crippen molar-refractivity contribution in [2.45, 2.75) is 30.1 Å². The first-order chi connectivity index (χ1) is 10.0. The van der Waals surface area contributed by atoms with Crippen molar-refractivity contribution in [3.63, 3.8) is 0 Å². The number of hydrogen-bond acceptors (Lipinski definition) is 6. The van der Waals surface area contributed by atoms with Gasteiger partial charge in [-0.05, 0) is 13.3 Å². The summed E-state index contributed by atoms with van der Waals surface area (Å²) >= 11 is 2.96. The third kappa shape index (κ3) is 3.06. The first kappa shape index (κ1) is 14.8. The number of hydrogen-bond donors (Lipinski definition) is 0. The summed E-state index contributed by atoms with van der Waals surface area (Å²) in [7, 11) is 1.87. The van der Waals surface area contributed by atoms with Crippen LogP contribution in [-0.4, -0.2) is 63.7 Å². The molecule has 6 nitrogen and oxygen atoms in total. The number of thioether (sulfide) groups is 1.